The van der Waals surface area contributed by atoms with E-state index in [9.17, 15) is 0 Å². The van der Waals surface area contributed by atoms with Gasteiger partial charge in [-0.15, -0.1) is 11.6 Å². The van der Waals surface area contributed by atoms with Gasteiger partial charge in [0.2, 0.25) is 0 Å². The van der Waals surface area contributed by atoms with E-state index in [1.54, 1.807) is 12.5 Å². The van der Waals surface area contributed by atoms with Gasteiger partial charge in [-0.1, -0.05) is 59.9 Å². The molecule has 0 saturated heterocycles. The number of rotatable bonds is 1. The molecule has 1 heterocycles. The molecule has 2 aliphatic rings. The van der Waals surface area contributed by atoms with Gasteiger partial charge in [0.15, 0.2) is 0 Å². The van der Waals surface area contributed by atoms with Crippen molar-refractivity contribution >= 4 is 5.57 Å². The van der Waals surface area contributed by atoms with Crippen LogP contribution in [0.5, 0.6) is 0 Å². The summed E-state index contributed by atoms with van der Waals surface area (Å²) in [6, 6.07) is 20.1. The fourth-order valence-electron chi connectivity index (χ4n) is 3.18. The van der Waals surface area contributed by atoms with Gasteiger partial charge in [0.05, 0.1) is 6.26 Å². The van der Waals surface area contributed by atoms with E-state index in [1.807, 2.05) is 12.1 Å². The third-order valence-corrected chi connectivity index (χ3v) is 4.38. The van der Waals surface area contributed by atoms with Crippen LogP contribution in [0.4, 0.5) is 0 Å². The zero-order valence-corrected chi connectivity index (χ0v) is 18.8. The molecule has 5 rings (SSSR count). The van der Waals surface area contributed by atoms with Crippen LogP contribution >= 0.6 is 0 Å². The van der Waals surface area contributed by atoms with Crippen molar-refractivity contribution in [3.05, 3.63) is 102 Å². The molecule has 4 heteroatoms. The normalized spacial score (nSPS) is 15.0. The number of allylic oxidation sites excluding steroid dienone is 4. The second kappa shape index (κ2) is 10.9. The molecule has 2 aromatic carbocycles. The molecule has 0 spiro atoms. The van der Waals surface area contributed by atoms with Gasteiger partial charge in [0.25, 0.3) is 0 Å². The first kappa shape index (κ1) is 23.7. The van der Waals surface area contributed by atoms with Gasteiger partial charge in [0, 0.05) is 6.26 Å². The minimum Gasteiger partial charge on any atom is -1.00 e. The van der Waals surface area contributed by atoms with Gasteiger partial charge < -0.3 is 29.2 Å². The maximum absolute atomic E-state index is 4.97. The summed E-state index contributed by atoms with van der Waals surface area (Å²) in [5.41, 5.74) is 7.77. The van der Waals surface area contributed by atoms with Gasteiger partial charge in [-0.25, -0.2) is 0 Å². The second-order valence-electron chi connectivity index (χ2n) is 6.11. The van der Waals surface area contributed by atoms with E-state index >= 15 is 0 Å². The smallest absolute Gasteiger partial charge is 1.00 e. The van der Waals surface area contributed by atoms with Gasteiger partial charge in [0.1, 0.15) is 0 Å². The number of fused-ring (bicyclic) bond motifs is 3. The first-order valence-corrected chi connectivity index (χ1v) is 8.23. The van der Waals surface area contributed by atoms with Gasteiger partial charge in [-0.2, -0.15) is 47.6 Å². The molecular weight excluding hydrogens is 454 g/mol. The standard InChI is InChI=1S/C13H9.C10H9O.2ClH.Zr/c1-3-7-12-10(5-1)9-11-6-2-4-8-13(11)12;1-8-2-3-9(6-8)10-4-5-11-7-10;;;/h1-5,7-8H,9H2;2-5,7-8H,1H3;2*1H;/q2*-1;;;+4/p-2. The van der Waals surface area contributed by atoms with Crippen LogP contribution in [-0.2, 0) is 32.6 Å². The van der Waals surface area contributed by atoms with Crippen LogP contribution in [0.1, 0.15) is 23.6 Å². The molecule has 0 amide bonds. The van der Waals surface area contributed by atoms with Gasteiger partial charge >= 0.3 is 26.2 Å². The van der Waals surface area contributed by atoms with E-state index in [0.717, 1.165) is 17.6 Å². The molecule has 134 valence electrons. The maximum atomic E-state index is 4.97. The molecule has 3 aromatic rings. The Hall–Kier alpha value is -1.34. The maximum Gasteiger partial charge on any atom is 4.00 e. The zero-order valence-electron chi connectivity index (χ0n) is 14.9. The van der Waals surface area contributed by atoms with Crippen molar-refractivity contribution < 1.29 is 55.4 Å². The van der Waals surface area contributed by atoms with Crippen LogP contribution in [0.15, 0.2) is 77.6 Å². The Morgan fingerprint density at radius 3 is 2.48 bits per heavy atom. The molecule has 0 saturated carbocycles. The number of benzene rings is 2. The first-order valence-electron chi connectivity index (χ1n) is 8.23. The fourth-order valence-corrected chi connectivity index (χ4v) is 3.18. The average Bonchev–Trinajstić information content (AvgIpc) is 3.34. The minimum absolute atomic E-state index is 0. The molecule has 27 heavy (non-hydrogen) atoms. The topological polar surface area (TPSA) is 13.1 Å². The third kappa shape index (κ3) is 5.35. The van der Waals surface area contributed by atoms with E-state index in [4.69, 9.17) is 4.42 Å². The van der Waals surface area contributed by atoms with Crippen LogP contribution in [-0.4, -0.2) is 0 Å². The Labute approximate surface area is 192 Å². The Bertz CT molecular complexity index is 870. The Morgan fingerprint density at radius 2 is 1.78 bits per heavy atom. The van der Waals surface area contributed by atoms with E-state index in [2.05, 4.69) is 67.6 Å². The summed E-state index contributed by atoms with van der Waals surface area (Å²) >= 11 is 0. The van der Waals surface area contributed by atoms with E-state index in [-0.39, 0.29) is 51.0 Å². The predicted molar refractivity (Wildman–Crippen MR) is 97.2 cm³/mol. The quantitative estimate of drug-likeness (QED) is 0.348. The van der Waals surface area contributed by atoms with E-state index < -0.39 is 0 Å². The third-order valence-electron chi connectivity index (χ3n) is 4.38. The van der Waals surface area contributed by atoms with E-state index in [1.165, 1.54) is 22.3 Å². The molecular formula is C23H18Cl2OZr. The summed E-state index contributed by atoms with van der Waals surface area (Å²) in [6.45, 7) is 2.11. The van der Waals surface area contributed by atoms with Crippen molar-refractivity contribution in [2.75, 3.05) is 0 Å². The molecule has 1 nitrogen and oxygen atoms in total. The molecule has 1 unspecified atom stereocenters. The second-order valence-corrected chi connectivity index (χ2v) is 6.11. The molecule has 0 N–H and O–H groups in total. The SMILES string of the molecule is CC1[C-]=C(c2ccoc2)C=C1.[Cl-].[Cl-].[Zr+4].[c-]1cccc2c1Cc1ccccc1-2. The van der Waals surface area contributed by atoms with Crippen LogP contribution in [0, 0.1) is 18.1 Å². The number of hydrogen-bond donors (Lipinski definition) is 0. The van der Waals surface area contributed by atoms with Crippen LogP contribution < -0.4 is 24.8 Å². The summed E-state index contributed by atoms with van der Waals surface area (Å²) in [5, 5.41) is 0. The largest absolute Gasteiger partial charge is 4.00 e. The molecule has 0 aliphatic heterocycles. The predicted octanol–water partition coefficient (Wildman–Crippen LogP) is -0.264. The summed E-state index contributed by atoms with van der Waals surface area (Å²) in [7, 11) is 0. The van der Waals surface area contributed by atoms with Crippen molar-refractivity contribution in [2.45, 2.75) is 13.3 Å². The number of halogens is 2. The van der Waals surface area contributed by atoms with Crippen molar-refractivity contribution in [1.82, 2.24) is 0 Å². The van der Waals surface area contributed by atoms with Crippen LogP contribution in [0.3, 0.4) is 0 Å². The summed E-state index contributed by atoms with van der Waals surface area (Å²) < 4.78 is 4.97. The Balaban J connectivity index is 0.000000246. The Kier molecular flexibility index (Phi) is 9.53. The van der Waals surface area contributed by atoms with Crippen LogP contribution in [0.2, 0.25) is 0 Å². The molecule has 1 atom stereocenters. The number of hydrogen-bond acceptors (Lipinski definition) is 1. The molecule has 1 aromatic heterocycles. The minimum atomic E-state index is 0. The fraction of sp³-hybridized carbons (Fsp3) is 0.130. The monoisotopic (exact) mass is 470 g/mol. The molecule has 0 bridgehead atoms. The van der Waals surface area contributed by atoms with Gasteiger partial charge in [-0.3, -0.25) is 0 Å². The van der Waals surface area contributed by atoms with Gasteiger partial charge in [-0.05, 0) is 6.42 Å². The summed E-state index contributed by atoms with van der Waals surface area (Å²) in [6.07, 6.45) is 12.0. The van der Waals surface area contributed by atoms with E-state index in [0.29, 0.717) is 5.92 Å². The summed E-state index contributed by atoms with van der Waals surface area (Å²) in [5.74, 6) is 0.444. The van der Waals surface area contributed by atoms with Crippen molar-refractivity contribution in [2.24, 2.45) is 5.92 Å². The van der Waals surface area contributed by atoms with Crippen LogP contribution in [0.25, 0.3) is 16.7 Å². The van der Waals surface area contributed by atoms with Crippen molar-refractivity contribution in [3.8, 4) is 11.1 Å². The average molecular weight is 473 g/mol. The molecule has 2 aliphatic carbocycles. The zero-order chi connectivity index (χ0) is 16.4. The first-order chi connectivity index (χ1) is 11.8. The summed E-state index contributed by atoms with van der Waals surface area (Å²) in [4.78, 5) is 0. The molecule has 0 fully saturated rings. The molecule has 0 radical (unpaired) electrons. The Morgan fingerprint density at radius 1 is 1.00 bits per heavy atom. The van der Waals surface area contributed by atoms with Crippen molar-refractivity contribution in [1.29, 1.82) is 0 Å². The van der Waals surface area contributed by atoms with Crippen molar-refractivity contribution in [3.63, 3.8) is 0 Å². The number of furan rings is 1.